The van der Waals surface area contributed by atoms with Gasteiger partial charge in [-0.05, 0) is 31.4 Å². The Morgan fingerprint density at radius 3 is 2.47 bits per heavy atom. The summed E-state index contributed by atoms with van der Waals surface area (Å²) in [6, 6.07) is 10.8. The molecule has 0 aliphatic heterocycles. The van der Waals surface area contributed by atoms with Crippen molar-refractivity contribution in [2.45, 2.75) is 32.7 Å². The van der Waals surface area contributed by atoms with Gasteiger partial charge in [-0.3, -0.25) is 0 Å². The van der Waals surface area contributed by atoms with Crippen LogP contribution in [-0.2, 0) is 4.74 Å². The Morgan fingerprint density at radius 2 is 1.88 bits per heavy atom. The summed E-state index contributed by atoms with van der Waals surface area (Å²) in [5.74, 6) is 0.771. The summed E-state index contributed by atoms with van der Waals surface area (Å²) < 4.78 is 5.73. The van der Waals surface area contributed by atoms with Crippen LogP contribution in [0.25, 0.3) is 0 Å². The first-order valence-electron chi connectivity index (χ1n) is 6.54. The number of hydrogen-bond donors (Lipinski definition) is 1. The average molecular weight is 235 g/mol. The fourth-order valence-corrected chi connectivity index (χ4v) is 1.83. The molecule has 0 spiro atoms. The summed E-state index contributed by atoms with van der Waals surface area (Å²) in [4.78, 5) is 0. The Balaban J connectivity index is 2.24. The summed E-state index contributed by atoms with van der Waals surface area (Å²) >= 11 is 0. The molecule has 0 radical (unpaired) electrons. The zero-order valence-corrected chi connectivity index (χ0v) is 11.3. The van der Waals surface area contributed by atoms with Gasteiger partial charge in [-0.15, -0.1) is 0 Å². The predicted molar refractivity (Wildman–Crippen MR) is 73.1 cm³/mol. The van der Waals surface area contributed by atoms with E-state index in [1.807, 2.05) is 13.1 Å². The molecule has 96 valence electrons. The van der Waals surface area contributed by atoms with Crippen LogP contribution in [-0.4, -0.2) is 20.3 Å². The molecule has 0 saturated carbocycles. The van der Waals surface area contributed by atoms with Crippen LogP contribution in [0.1, 0.15) is 38.3 Å². The first-order chi connectivity index (χ1) is 8.24. The van der Waals surface area contributed by atoms with Crippen molar-refractivity contribution in [3.63, 3.8) is 0 Å². The van der Waals surface area contributed by atoms with Gasteiger partial charge < -0.3 is 10.1 Å². The highest BCUT2D eigenvalue weighted by Gasteiger charge is 2.08. The summed E-state index contributed by atoms with van der Waals surface area (Å²) in [7, 11) is 1.98. The van der Waals surface area contributed by atoms with Gasteiger partial charge in [0.2, 0.25) is 0 Å². The molecule has 0 bridgehead atoms. The van der Waals surface area contributed by atoms with Crippen molar-refractivity contribution in [1.29, 1.82) is 0 Å². The van der Waals surface area contributed by atoms with Crippen LogP contribution in [0.15, 0.2) is 30.3 Å². The quantitative estimate of drug-likeness (QED) is 0.697. The van der Waals surface area contributed by atoms with Gasteiger partial charge in [0.15, 0.2) is 0 Å². The highest BCUT2D eigenvalue weighted by Crippen LogP contribution is 2.12. The van der Waals surface area contributed by atoms with E-state index in [1.165, 1.54) is 12.0 Å². The lowest BCUT2D eigenvalue weighted by molar-refractivity contribution is 0.108. The first-order valence-corrected chi connectivity index (χ1v) is 6.54. The summed E-state index contributed by atoms with van der Waals surface area (Å²) in [5.41, 5.74) is 1.29. The zero-order chi connectivity index (χ0) is 12.5. The SMILES string of the molecule is CNC(COCCCC(C)C)c1ccccc1. The van der Waals surface area contributed by atoms with Gasteiger partial charge in [-0.25, -0.2) is 0 Å². The van der Waals surface area contributed by atoms with Gasteiger partial charge in [-0.2, -0.15) is 0 Å². The van der Waals surface area contributed by atoms with Crippen LogP contribution in [0.4, 0.5) is 0 Å². The third kappa shape index (κ3) is 5.85. The zero-order valence-electron chi connectivity index (χ0n) is 11.3. The largest absolute Gasteiger partial charge is 0.379 e. The Labute approximate surface area is 105 Å². The van der Waals surface area contributed by atoms with Crippen LogP contribution >= 0.6 is 0 Å². The van der Waals surface area contributed by atoms with Crippen molar-refractivity contribution in [3.05, 3.63) is 35.9 Å². The van der Waals surface area contributed by atoms with Crippen LogP contribution in [0.3, 0.4) is 0 Å². The van der Waals surface area contributed by atoms with Crippen LogP contribution in [0.2, 0.25) is 0 Å². The van der Waals surface area contributed by atoms with Crippen molar-refractivity contribution < 1.29 is 4.74 Å². The normalized spacial score (nSPS) is 12.9. The van der Waals surface area contributed by atoms with Crippen molar-refractivity contribution in [3.8, 4) is 0 Å². The van der Waals surface area contributed by atoms with E-state index >= 15 is 0 Å². The van der Waals surface area contributed by atoms with E-state index in [2.05, 4.69) is 43.4 Å². The fourth-order valence-electron chi connectivity index (χ4n) is 1.83. The molecule has 0 saturated heterocycles. The standard InChI is InChI=1S/C15H25NO/c1-13(2)8-7-11-17-12-15(16-3)14-9-5-4-6-10-14/h4-6,9-10,13,15-16H,7-8,11-12H2,1-3H3. The van der Waals surface area contributed by atoms with Gasteiger partial charge in [0.1, 0.15) is 0 Å². The molecule has 1 atom stereocenters. The molecular formula is C15H25NO. The summed E-state index contributed by atoms with van der Waals surface area (Å²) in [6.07, 6.45) is 2.40. The van der Waals surface area contributed by atoms with Crippen LogP contribution in [0.5, 0.6) is 0 Å². The molecule has 0 amide bonds. The monoisotopic (exact) mass is 235 g/mol. The number of hydrogen-bond acceptors (Lipinski definition) is 2. The predicted octanol–water partition coefficient (Wildman–Crippen LogP) is 3.40. The molecule has 17 heavy (non-hydrogen) atoms. The number of ether oxygens (including phenoxy) is 1. The lowest BCUT2D eigenvalue weighted by Crippen LogP contribution is -2.22. The number of nitrogens with one attached hydrogen (secondary N) is 1. The number of rotatable bonds is 8. The topological polar surface area (TPSA) is 21.3 Å². The Bertz CT molecular complexity index is 284. The maximum atomic E-state index is 5.73. The van der Waals surface area contributed by atoms with Gasteiger partial charge in [0.25, 0.3) is 0 Å². The Kier molecular flexibility index (Phi) is 6.90. The molecule has 2 nitrogen and oxygen atoms in total. The molecule has 2 heteroatoms. The van der Waals surface area contributed by atoms with E-state index in [4.69, 9.17) is 4.74 Å². The fraction of sp³-hybridized carbons (Fsp3) is 0.600. The van der Waals surface area contributed by atoms with E-state index in [9.17, 15) is 0 Å². The van der Waals surface area contributed by atoms with Gasteiger partial charge in [0, 0.05) is 6.61 Å². The van der Waals surface area contributed by atoms with E-state index in [0.717, 1.165) is 25.6 Å². The second-order valence-corrected chi connectivity index (χ2v) is 4.86. The van der Waals surface area contributed by atoms with E-state index in [0.29, 0.717) is 6.04 Å². The minimum absolute atomic E-state index is 0.301. The molecule has 0 aliphatic carbocycles. The second kappa shape index (κ2) is 8.26. The maximum Gasteiger partial charge on any atom is 0.0661 e. The average Bonchev–Trinajstić information content (AvgIpc) is 2.34. The minimum Gasteiger partial charge on any atom is -0.379 e. The molecule has 1 unspecified atom stereocenters. The molecule has 1 aromatic carbocycles. The van der Waals surface area contributed by atoms with Crippen molar-refractivity contribution >= 4 is 0 Å². The number of likely N-dealkylation sites (N-methyl/N-ethyl adjacent to an activating group) is 1. The molecular weight excluding hydrogens is 210 g/mol. The smallest absolute Gasteiger partial charge is 0.0661 e. The van der Waals surface area contributed by atoms with E-state index < -0.39 is 0 Å². The second-order valence-electron chi connectivity index (χ2n) is 4.86. The van der Waals surface area contributed by atoms with Gasteiger partial charge in [-0.1, -0.05) is 44.2 Å². The molecule has 0 aliphatic rings. The van der Waals surface area contributed by atoms with Gasteiger partial charge >= 0.3 is 0 Å². The van der Waals surface area contributed by atoms with Gasteiger partial charge in [0.05, 0.1) is 12.6 Å². The molecule has 0 heterocycles. The van der Waals surface area contributed by atoms with Crippen molar-refractivity contribution in [2.75, 3.05) is 20.3 Å². The van der Waals surface area contributed by atoms with E-state index in [-0.39, 0.29) is 0 Å². The highest BCUT2D eigenvalue weighted by atomic mass is 16.5. The minimum atomic E-state index is 0.301. The van der Waals surface area contributed by atoms with Crippen LogP contribution < -0.4 is 5.32 Å². The lowest BCUT2D eigenvalue weighted by Gasteiger charge is -2.17. The summed E-state index contributed by atoms with van der Waals surface area (Å²) in [5, 5.41) is 3.29. The molecule has 0 aromatic heterocycles. The highest BCUT2D eigenvalue weighted by molar-refractivity contribution is 5.18. The van der Waals surface area contributed by atoms with Crippen molar-refractivity contribution in [1.82, 2.24) is 5.32 Å². The Morgan fingerprint density at radius 1 is 1.18 bits per heavy atom. The Hall–Kier alpha value is -0.860. The molecule has 1 aromatic rings. The van der Waals surface area contributed by atoms with Crippen molar-refractivity contribution in [2.24, 2.45) is 5.92 Å². The van der Waals surface area contributed by atoms with Crippen LogP contribution in [0, 0.1) is 5.92 Å². The summed E-state index contributed by atoms with van der Waals surface area (Å²) in [6.45, 7) is 6.11. The third-order valence-electron chi connectivity index (χ3n) is 2.91. The molecule has 1 N–H and O–H groups in total. The maximum absolute atomic E-state index is 5.73. The lowest BCUT2D eigenvalue weighted by atomic mass is 10.1. The number of benzene rings is 1. The molecule has 0 fully saturated rings. The first kappa shape index (κ1) is 14.2. The molecule has 1 rings (SSSR count). The van der Waals surface area contributed by atoms with E-state index in [1.54, 1.807) is 0 Å². The third-order valence-corrected chi connectivity index (χ3v) is 2.91.